The molecule has 0 saturated heterocycles. The fourth-order valence-electron chi connectivity index (χ4n) is 0.967. The molecule has 0 amide bonds. The smallest absolute Gasteiger partial charge is 0.146 e. The number of aliphatic hydroxyl groups is 1. The van der Waals surface area contributed by atoms with Gasteiger partial charge in [-0.3, -0.25) is 4.99 Å². The van der Waals surface area contributed by atoms with E-state index in [1.165, 1.54) is 0 Å². The van der Waals surface area contributed by atoms with Crippen LogP contribution in [0.15, 0.2) is 4.99 Å². The van der Waals surface area contributed by atoms with Crippen molar-refractivity contribution in [3.63, 3.8) is 0 Å². The molecule has 0 bridgehead atoms. The quantitative estimate of drug-likeness (QED) is 0.538. The van der Waals surface area contributed by atoms with Crippen LogP contribution in [0.3, 0.4) is 0 Å². The Bertz CT molecular complexity index is 184. The first-order valence-electron chi connectivity index (χ1n) is 4.93. The topological polar surface area (TPSA) is 64.9 Å². The maximum atomic E-state index is 11.2. The van der Waals surface area contributed by atoms with E-state index >= 15 is 0 Å². The average Bonchev–Trinajstić information content (AvgIpc) is 2.00. The molecular formula is C10H20NO3-. The van der Waals surface area contributed by atoms with Crippen molar-refractivity contribution < 1.29 is 14.9 Å². The summed E-state index contributed by atoms with van der Waals surface area (Å²) in [4.78, 5) is 3.76. The lowest BCUT2D eigenvalue weighted by Crippen LogP contribution is -2.33. The van der Waals surface area contributed by atoms with Gasteiger partial charge in [-0.15, -0.1) is 0 Å². The Balaban J connectivity index is 4.18. The van der Waals surface area contributed by atoms with Gasteiger partial charge in [0.15, 0.2) is 0 Å². The Morgan fingerprint density at radius 3 is 2.43 bits per heavy atom. The van der Waals surface area contributed by atoms with E-state index in [1.807, 2.05) is 6.92 Å². The number of rotatable bonds is 4. The number of aliphatic imine (C=N–C) groups is 1. The largest absolute Gasteiger partial charge is 0.595 e. The van der Waals surface area contributed by atoms with Crippen molar-refractivity contribution in [2.75, 3.05) is 6.61 Å². The highest BCUT2D eigenvalue weighted by Gasteiger charge is 2.07. The van der Waals surface area contributed by atoms with Crippen LogP contribution in [0.25, 0.3) is 0 Å². The Kier molecular flexibility index (Phi) is 5.53. The molecule has 1 atom stereocenters. The summed E-state index contributed by atoms with van der Waals surface area (Å²) in [6, 6.07) is -0.324. The lowest BCUT2D eigenvalue weighted by Gasteiger charge is -2.30. The predicted octanol–water partition coefficient (Wildman–Crippen LogP) is 0.679. The number of ether oxygens (including phenoxy) is 1. The molecule has 1 N–H and O–H groups in total. The number of hydrogen-bond acceptors (Lipinski definition) is 4. The minimum atomic E-state index is -0.593. The first-order chi connectivity index (χ1) is 6.39. The molecule has 4 nitrogen and oxygen atoms in total. The summed E-state index contributed by atoms with van der Waals surface area (Å²) >= 11 is 0. The third-order valence-corrected chi connectivity index (χ3v) is 1.51. The van der Waals surface area contributed by atoms with Gasteiger partial charge in [-0.05, 0) is 6.42 Å². The summed E-state index contributed by atoms with van der Waals surface area (Å²) in [5.74, 6) is 0. The van der Waals surface area contributed by atoms with Crippen LogP contribution >= 0.6 is 0 Å². The second kappa shape index (κ2) is 5.86. The van der Waals surface area contributed by atoms with E-state index in [0.717, 1.165) is 6.42 Å². The van der Waals surface area contributed by atoms with E-state index in [1.54, 1.807) is 20.8 Å². The lowest BCUT2D eigenvalue weighted by atomic mass is 10.2. The first kappa shape index (κ1) is 13.2. The predicted molar refractivity (Wildman–Crippen MR) is 54.1 cm³/mol. The molecule has 0 aliphatic carbocycles. The van der Waals surface area contributed by atoms with Gasteiger partial charge in [0.1, 0.15) is 6.08 Å². The SMILES string of the molecule is CCCC(CO)N=C([O-])OC(C)(C)C. The van der Waals surface area contributed by atoms with Crippen LogP contribution in [0.2, 0.25) is 0 Å². The minimum Gasteiger partial charge on any atom is -0.595 e. The highest BCUT2D eigenvalue weighted by molar-refractivity contribution is 5.62. The highest BCUT2D eigenvalue weighted by Crippen LogP contribution is 2.07. The molecule has 0 fully saturated rings. The molecule has 14 heavy (non-hydrogen) atoms. The number of aliphatic hydroxyl groups excluding tert-OH is 1. The Morgan fingerprint density at radius 1 is 1.50 bits per heavy atom. The van der Waals surface area contributed by atoms with Crippen LogP contribution in [-0.2, 0) is 4.74 Å². The van der Waals surface area contributed by atoms with Crippen LogP contribution < -0.4 is 5.11 Å². The van der Waals surface area contributed by atoms with Crippen molar-refractivity contribution >= 4 is 6.08 Å². The highest BCUT2D eigenvalue weighted by atomic mass is 16.6. The molecular weight excluding hydrogens is 182 g/mol. The Labute approximate surface area is 85.6 Å². The third-order valence-electron chi connectivity index (χ3n) is 1.51. The summed E-state index contributed by atoms with van der Waals surface area (Å²) in [6.07, 6.45) is 0.998. The van der Waals surface area contributed by atoms with E-state index in [4.69, 9.17) is 9.84 Å². The zero-order valence-electron chi connectivity index (χ0n) is 9.41. The molecule has 84 valence electrons. The van der Waals surface area contributed by atoms with Crippen molar-refractivity contribution in [1.29, 1.82) is 0 Å². The van der Waals surface area contributed by atoms with Gasteiger partial charge < -0.3 is 14.9 Å². The van der Waals surface area contributed by atoms with Crippen molar-refractivity contribution in [2.45, 2.75) is 52.2 Å². The third kappa shape index (κ3) is 6.71. The van der Waals surface area contributed by atoms with Gasteiger partial charge in [0.2, 0.25) is 0 Å². The second-order valence-corrected chi connectivity index (χ2v) is 4.23. The molecule has 0 saturated carbocycles. The van der Waals surface area contributed by atoms with E-state index in [-0.39, 0.29) is 12.6 Å². The summed E-state index contributed by atoms with van der Waals surface area (Å²) in [6.45, 7) is 7.23. The van der Waals surface area contributed by atoms with Crippen LogP contribution in [-0.4, -0.2) is 29.4 Å². The molecule has 0 rings (SSSR count). The summed E-state index contributed by atoms with van der Waals surface area (Å²) < 4.78 is 5.00. The van der Waals surface area contributed by atoms with E-state index in [2.05, 4.69) is 4.99 Å². The van der Waals surface area contributed by atoms with Gasteiger partial charge in [0.25, 0.3) is 0 Å². The number of nitrogens with zero attached hydrogens (tertiary/aromatic N) is 1. The Hall–Kier alpha value is -0.770. The van der Waals surface area contributed by atoms with Crippen LogP contribution in [0.5, 0.6) is 0 Å². The maximum Gasteiger partial charge on any atom is 0.146 e. The van der Waals surface area contributed by atoms with E-state index in [0.29, 0.717) is 6.42 Å². The van der Waals surface area contributed by atoms with Crippen molar-refractivity contribution in [2.24, 2.45) is 4.99 Å². The second-order valence-electron chi connectivity index (χ2n) is 4.23. The van der Waals surface area contributed by atoms with Crippen molar-refractivity contribution in [3.05, 3.63) is 0 Å². The molecule has 0 spiro atoms. The molecule has 0 heterocycles. The summed E-state index contributed by atoms with van der Waals surface area (Å²) in [7, 11) is 0. The molecule has 0 aromatic carbocycles. The first-order valence-corrected chi connectivity index (χ1v) is 4.93. The fraction of sp³-hybridized carbons (Fsp3) is 0.900. The number of hydrogen-bond donors (Lipinski definition) is 1. The van der Waals surface area contributed by atoms with E-state index in [9.17, 15) is 5.11 Å². The molecule has 0 aliphatic rings. The van der Waals surface area contributed by atoms with Gasteiger partial charge in [-0.25, -0.2) is 0 Å². The molecule has 0 radical (unpaired) electrons. The molecule has 1 unspecified atom stereocenters. The standard InChI is InChI=1S/C10H21NO3/c1-5-6-8(7-12)11-9(13)14-10(2,3)4/h8,12H,5-7H2,1-4H3,(H,11,13)/p-1. The summed E-state index contributed by atoms with van der Waals surface area (Å²) in [5, 5.41) is 20.1. The summed E-state index contributed by atoms with van der Waals surface area (Å²) in [5.41, 5.74) is -0.521. The minimum absolute atomic E-state index is 0.104. The normalized spacial score (nSPS) is 15.4. The molecule has 0 aromatic heterocycles. The van der Waals surface area contributed by atoms with Crippen molar-refractivity contribution in [1.82, 2.24) is 0 Å². The monoisotopic (exact) mass is 202 g/mol. The zero-order valence-corrected chi connectivity index (χ0v) is 9.41. The van der Waals surface area contributed by atoms with Crippen molar-refractivity contribution in [3.8, 4) is 0 Å². The van der Waals surface area contributed by atoms with Crippen LogP contribution in [0.4, 0.5) is 0 Å². The average molecular weight is 202 g/mol. The van der Waals surface area contributed by atoms with Gasteiger partial charge in [0, 0.05) is 5.60 Å². The van der Waals surface area contributed by atoms with E-state index < -0.39 is 11.7 Å². The Morgan fingerprint density at radius 2 is 2.07 bits per heavy atom. The van der Waals surface area contributed by atoms with Gasteiger partial charge >= 0.3 is 0 Å². The van der Waals surface area contributed by atoms with Crippen LogP contribution in [0.1, 0.15) is 40.5 Å². The van der Waals surface area contributed by atoms with Gasteiger partial charge in [-0.1, -0.05) is 34.1 Å². The molecule has 0 aliphatic heterocycles. The van der Waals surface area contributed by atoms with Gasteiger partial charge in [-0.2, -0.15) is 0 Å². The zero-order chi connectivity index (χ0) is 11.2. The fourth-order valence-corrected chi connectivity index (χ4v) is 0.967. The lowest BCUT2D eigenvalue weighted by molar-refractivity contribution is -0.261. The maximum absolute atomic E-state index is 11.2. The molecule has 4 heteroatoms. The van der Waals surface area contributed by atoms with Gasteiger partial charge in [0.05, 0.1) is 12.6 Å². The van der Waals surface area contributed by atoms with Crippen LogP contribution in [0, 0.1) is 0 Å². The molecule has 0 aromatic rings.